The van der Waals surface area contributed by atoms with Gasteiger partial charge in [0.05, 0.1) is 6.61 Å². The molecule has 0 fully saturated rings. The van der Waals surface area contributed by atoms with Crippen molar-refractivity contribution in [1.29, 1.82) is 0 Å². The highest BCUT2D eigenvalue weighted by Crippen LogP contribution is 2.26. The van der Waals surface area contributed by atoms with Crippen LogP contribution in [0.2, 0.25) is 0 Å². The molecule has 0 aliphatic carbocycles. The van der Waals surface area contributed by atoms with Crippen LogP contribution in [0.1, 0.15) is 37.8 Å². The Labute approximate surface area is 104 Å². The maximum atomic E-state index is 6.11. The highest BCUT2D eigenvalue weighted by atomic mass is 16.5. The van der Waals surface area contributed by atoms with Gasteiger partial charge < -0.3 is 10.5 Å². The van der Waals surface area contributed by atoms with E-state index in [-0.39, 0.29) is 0 Å². The average Bonchev–Trinajstić information content (AvgIpc) is 2.72. The molecule has 0 radical (unpaired) electrons. The van der Waals surface area contributed by atoms with Crippen LogP contribution in [0.15, 0.2) is 18.2 Å². The van der Waals surface area contributed by atoms with Gasteiger partial charge in [-0.2, -0.15) is 0 Å². The summed E-state index contributed by atoms with van der Waals surface area (Å²) in [6.45, 7) is 5.30. The van der Waals surface area contributed by atoms with Gasteiger partial charge in [-0.3, -0.25) is 0 Å². The van der Waals surface area contributed by atoms with Crippen molar-refractivity contribution in [3.8, 4) is 5.75 Å². The number of hydrogen-bond donors (Lipinski definition) is 1. The van der Waals surface area contributed by atoms with Gasteiger partial charge in [-0.1, -0.05) is 26.0 Å². The van der Waals surface area contributed by atoms with E-state index in [1.54, 1.807) is 0 Å². The zero-order valence-electron chi connectivity index (χ0n) is 10.9. The zero-order valence-corrected chi connectivity index (χ0v) is 10.9. The number of rotatable bonds is 5. The van der Waals surface area contributed by atoms with Gasteiger partial charge in [0.15, 0.2) is 0 Å². The Morgan fingerprint density at radius 1 is 1.35 bits per heavy atom. The Hall–Kier alpha value is -1.02. The van der Waals surface area contributed by atoms with Crippen LogP contribution in [-0.4, -0.2) is 12.6 Å². The van der Waals surface area contributed by atoms with Crippen LogP contribution in [0, 0.1) is 5.92 Å². The maximum absolute atomic E-state index is 6.11. The molecule has 0 saturated heterocycles. The van der Waals surface area contributed by atoms with Gasteiger partial charge >= 0.3 is 0 Å². The Bertz CT molecular complexity index is 373. The van der Waals surface area contributed by atoms with Crippen LogP contribution < -0.4 is 10.5 Å². The van der Waals surface area contributed by atoms with Crippen LogP contribution in [0.4, 0.5) is 0 Å². The average molecular weight is 233 g/mol. The standard InChI is InChI=1S/C15H23NO/c1-11(2)9-14(16)5-3-12-4-6-15-13(10-12)7-8-17-15/h4,6,10-11,14H,3,5,7-9,16H2,1-2H3. The molecule has 0 bridgehead atoms. The summed E-state index contributed by atoms with van der Waals surface area (Å²) in [5.74, 6) is 1.76. The second-order valence-corrected chi connectivity index (χ2v) is 5.47. The summed E-state index contributed by atoms with van der Waals surface area (Å²) in [5, 5.41) is 0. The van der Waals surface area contributed by atoms with Crippen LogP contribution in [-0.2, 0) is 12.8 Å². The molecule has 2 nitrogen and oxygen atoms in total. The van der Waals surface area contributed by atoms with Crippen molar-refractivity contribution < 1.29 is 4.74 Å². The van der Waals surface area contributed by atoms with E-state index in [0.29, 0.717) is 12.0 Å². The Morgan fingerprint density at radius 2 is 2.18 bits per heavy atom. The molecular formula is C15H23NO. The molecule has 1 aromatic carbocycles. The van der Waals surface area contributed by atoms with E-state index in [0.717, 1.165) is 38.0 Å². The second-order valence-electron chi connectivity index (χ2n) is 5.47. The molecule has 1 atom stereocenters. The number of ether oxygens (including phenoxy) is 1. The molecule has 0 saturated carbocycles. The number of hydrogen-bond acceptors (Lipinski definition) is 2. The Balaban J connectivity index is 1.87. The molecule has 0 spiro atoms. The molecule has 1 aromatic rings. The highest BCUT2D eigenvalue weighted by Gasteiger charge is 2.12. The van der Waals surface area contributed by atoms with Gasteiger partial charge in [0.25, 0.3) is 0 Å². The van der Waals surface area contributed by atoms with Gasteiger partial charge in [0.1, 0.15) is 5.75 Å². The van der Waals surface area contributed by atoms with E-state index in [1.807, 2.05) is 0 Å². The van der Waals surface area contributed by atoms with Crippen molar-refractivity contribution in [1.82, 2.24) is 0 Å². The minimum atomic E-state index is 0.333. The molecule has 17 heavy (non-hydrogen) atoms. The molecule has 2 N–H and O–H groups in total. The van der Waals surface area contributed by atoms with Gasteiger partial charge in [-0.25, -0.2) is 0 Å². The number of nitrogens with two attached hydrogens (primary N) is 1. The predicted octanol–water partition coefficient (Wildman–Crippen LogP) is 2.93. The van der Waals surface area contributed by atoms with E-state index in [2.05, 4.69) is 32.0 Å². The molecule has 1 aliphatic heterocycles. The van der Waals surface area contributed by atoms with Gasteiger partial charge in [0.2, 0.25) is 0 Å². The molecule has 2 heteroatoms. The third kappa shape index (κ3) is 3.47. The number of fused-ring (bicyclic) bond motifs is 1. The molecule has 0 amide bonds. The summed E-state index contributed by atoms with van der Waals surface area (Å²) in [6, 6.07) is 6.89. The van der Waals surface area contributed by atoms with Crippen LogP contribution in [0.3, 0.4) is 0 Å². The van der Waals surface area contributed by atoms with Crippen LogP contribution in [0.25, 0.3) is 0 Å². The van der Waals surface area contributed by atoms with Crippen molar-refractivity contribution in [3.05, 3.63) is 29.3 Å². The van der Waals surface area contributed by atoms with E-state index in [4.69, 9.17) is 10.5 Å². The monoisotopic (exact) mass is 233 g/mol. The first-order valence-corrected chi connectivity index (χ1v) is 6.65. The lowest BCUT2D eigenvalue weighted by Crippen LogP contribution is -2.22. The van der Waals surface area contributed by atoms with E-state index in [9.17, 15) is 0 Å². The molecule has 1 unspecified atom stereocenters. The first-order chi connectivity index (χ1) is 8.15. The van der Waals surface area contributed by atoms with Gasteiger partial charge in [-0.15, -0.1) is 0 Å². The van der Waals surface area contributed by atoms with Crippen molar-refractivity contribution >= 4 is 0 Å². The van der Waals surface area contributed by atoms with Crippen molar-refractivity contribution in [3.63, 3.8) is 0 Å². The Kier molecular flexibility index (Phi) is 4.06. The van der Waals surface area contributed by atoms with Crippen molar-refractivity contribution in [2.45, 2.75) is 45.6 Å². The fourth-order valence-electron chi connectivity index (χ4n) is 2.47. The minimum absolute atomic E-state index is 0.333. The molecule has 94 valence electrons. The normalized spacial score (nSPS) is 15.8. The van der Waals surface area contributed by atoms with Crippen molar-refractivity contribution in [2.75, 3.05) is 6.61 Å². The fourth-order valence-corrected chi connectivity index (χ4v) is 2.47. The first-order valence-electron chi connectivity index (χ1n) is 6.65. The summed E-state index contributed by atoms with van der Waals surface area (Å²) >= 11 is 0. The summed E-state index contributed by atoms with van der Waals surface area (Å²) in [5.41, 5.74) is 8.87. The highest BCUT2D eigenvalue weighted by molar-refractivity contribution is 5.39. The SMILES string of the molecule is CC(C)CC(N)CCc1ccc2c(c1)CCO2. The maximum Gasteiger partial charge on any atom is 0.122 e. The smallest absolute Gasteiger partial charge is 0.122 e. The quantitative estimate of drug-likeness (QED) is 0.848. The van der Waals surface area contributed by atoms with Crippen LogP contribution in [0.5, 0.6) is 5.75 Å². The lowest BCUT2D eigenvalue weighted by atomic mass is 9.97. The third-order valence-corrected chi connectivity index (χ3v) is 3.33. The molecule has 0 aromatic heterocycles. The number of benzene rings is 1. The lowest BCUT2D eigenvalue weighted by Gasteiger charge is -2.14. The fraction of sp³-hybridized carbons (Fsp3) is 0.600. The number of aryl methyl sites for hydroxylation is 1. The lowest BCUT2D eigenvalue weighted by molar-refractivity contribution is 0.357. The summed E-state index contributed by atoms with van der Waals surface area (Å²) in [6.07, 6.45) is 4.34. The zero-order chi connectivity index (χ0) is 12.3. The van der Waals surface area contributed by atoms with E-state index >= 15 is 0 Å². The minimum Gasteiger partial charge on any atom is -0.493 e. The summed E-state index contributed by atoms with van der Waals surface area (Å²) in [7, 11) is 0. The molecular weight excluding hydrogens is 210 g/mol. The molecule has 2 rings (SSSR count). The summed E-state index contributed by atoms with van der Waals surface area (Å²) < 4.78 is 5.51. The third-order valence-electron chi connectivity index (χ3n) is 3.33. The van der Waals surface area contributed by atoms with E-state index < -0.39 is 0 Å². The van der Waals surface area contributed by atoms with Gasteiger partial charge in [0, 0.05) is 12.5 Å². The first kappa shape index (κ1) is 12.4. The Morgan fingerprint density at radius 3 is 2.94 bits per heavy atom. The molecule has 1 heterocycles. The topological polar surface area (TPSA) is 35.2 Å². The van der Waals surface area contributed by atoms with Crippen molar-refractivity contribution in [2.24, 2.45) is 11.7 Å². The molecule has 1 aliphatic rings. The van der Waals surface area contributed by atoms with E-state index in [1.165, 1.54) is 11.1 Å². The van der Waals surface area contributed by atoms with Gasteiger partial charge in [-0.05, 0) is 42.4 Å². The second kappa shape index (κ2) is 5.54. The summed E-state index contributed by atoms with van der Waals surface area (Å²) in [4.78, 5) is 0. The van der Waals surface area contributed by atoms with Crippen LogP contribution >= 0.6 is 0 Å². The predicted molar refractivity (Wildman–Crippen MR) is 71.4 cm³/mol. The largest absolute Gasteiger partial charge is 0.493 e.